The zero-order chi connectivity index (χ0) is 17.0. The van der Waals surface area contributed by atoms with E-state index >= 15 is 0 Å². The van der Waals surface area contributed by atoms with Crippen LogP contribution in [0.5, 0.6) is 0 Å². The van der Waals surface area contributed by atoms with Gasteiger partial charge in [-0.05, 0) is 20.3 Å². The van der Waals surface area contributed by atoms with Gasteiger partial charge in [0.05, 0.1) is 5.60 Å². The quantitative estimate of drug-likeness (QED) is 0.931. The molecule has 124 valence electrons. The number of aromatic nitrogens is 2. The van der Waals surface area contributed by atoms with Crippen LogP contribution in [0.15, 0.2) is 17.2 Å². The Morgan fingerprint density at radius 3 is 2.78 bits per heavy atom. The second-order valence-electron chi connectivity index (χ2n) is 6.86. The van der Waals surface area contributed by atoms with E-state index in [4.69, 9.17) is 4.74 Å². The van der Waals surface area contributed by atoms with Gasteiger partial charge in [-0.15, -0.1) is 11.3 Å². The van der Waals surface area contributed by atoms with E-state index in [2.05, 4.69) is 24.1 Å². The number of ether oxygens (including phenoxy) is 1. The maximum absolute atomic E-state index is 12.5. The number of rotatable bonds is 3. The minimum absolute atomic E-state index is 0.0377. The van der Waals surface area contributed by atoms with Crippen molar-refractivity contribution in [2.24, 2.45) is 5.41 Å². The van der Waals surface area contributed by atoms with Gasteiger partial charge in [-0.1, -0.05) is 13.8 Å². The molecular weight excluding hydrogens is 314 g/mol. The Morgan fingerprint density at radius 2 is 2.17 bits per heavy atom. The molecule has 7 heteroatoms. The number of hydrogen-bond donors (Lipinski definition) is 1. The van der Waals surface area contributed by atoms with Gasteiger partial charge in [0.25, 0.3) is 11.5 Å². The summed E-state index contributed by atoms with van der Waals surface area (Å²) in [6.07, 6.45) is 3.79. The molecule has 6 nitrogen and oxygen atoms in total. The third-order valence-corrected chi connectivity index (χ3v) is 6.26. The Labute approximate surface area is 138 Å². The zero-order valence-electron chi connectivity index (χ0n) is 14.0. The molecule has 23 heavy (non-hydrogen) atoms. The molecule has 2 atom stereocenters. The van der Waals surface area contributed by atoms with Crippen LogP contribution in [0.25, 0.3) is 4.96 Å². The summed E-state index contributed by atoms with van der Waals surface area (Å²) in [6.45, 7) is 8.05. The fourth-order valence-electron chi connectivity index (χ4n) is 3.11. The summed E-state index contributed by atoms with van der Waals surface area (Å²) in [5, 5.41) is 2.96. The van der Waals surface area contributed by atoms with Crippen molar-refractivity contribution in [3.8, 4) is 0 Å². The van der Waals surface area contributed by atoms with E-state index in [0.717, 1.165) is 11.3 Å². The summed E-state index contributed by atoms with van der Waals surface area (Å²) < 4.78 is 6.99. The molecule has 1 fully saturated rings. The lowest BCUT2D eigenvalue weighted by atomic mass is 9.56. The first-order valence-corrected chi connectivity index (χ1v) is 8.35. The average molecular weight is 335 g/mol. The van der Waals surface area contributed by atoms with E-state index in [-0.39, 0.29) is 34.1 Å². The summed E-state index contributed by atoms with van der Waals surface area (Å²) >= 11 is 1.42. The Balaban J connectivity index is 1.85. The summed E-state index contributed by atoms with van der Waals surface area (Å²) in [5.74, 6) is -0.378. The van der Waals surface area contributed by atoms with Gasteiger partial charge in [0, 0.05) is 35.8 Å². The average Bonchev–Trinajstić information content (AvgIpc) is 2.88. The maximum Gasteiger partial charge on any atom is 0.271 e. The second-order valence-corrected chi connectivity index (χ2v) is 8.07. The molecule has 0 radical (unpaired) electrons. The Hall–Kier alpha value is -1.73. The van der Waals surface area contributed by atoms with Crippen molar-refractivity contribution in [1.29, 1.82) is 0 Å². The number of thiazole rings is 1. The maximum atomic E-state index is 12.5. The Morgan fingerprint density at radius 1 is 1.48 bits per heavy atom. The monoisotopic (exact) mass is 335 g/mol. The number of carbonyl (C=O) groups excluding carboxylic acids is 1. The predicted molar refractivity (Wildman–Crippen MR) is 89.1 cm³/mol. The number of nitrogens with zero attached hydrogens (tertiary/aromatic N) is 2. The second kappa shape index (κ2) is 5.14. The normalized spacial score (nSPS) is 26.0. The summed E-state index contributed by atoms with van der Waals surface area (Å²) in [4.78, 5) is 30.7. The molecule has 2 unspecified atom stereocenters. The van der Waals surface area contributed by atoms with Crippen molar-refractivity contribution in [2.75, 3.05) is 7.11 Å². The number of carbonyl (C=O) groups is 1. The molecular formula is C16H21N3O3S. The smallest absolute Gasteiger partial charge is 0.271 e. The molecule has 1 aliphatic rings. The van der Waals surface area contributed by atoms with Crippen LogP contribution in [-0.2, 0) is 4.74 Å². The molecule has 2 aromatic rings. The minimum atomic E-state index is -0.378. The number of fused-ring (bicyclic) bond motifs is 1. The summed E-state index contributed by atoms with van der Waals surface area (Å²) in [5.41, 5.74) is -0.734. The number of aryl methyl sites for hydroxylation is 1. The molecule has 0 saturated heterocycles. The number of nitrogens with one attached hydrogen (secondary N) is 1. The van der Waals surface area contributed by atoms with Gasteiger partial charge in [-0.2, -0.15) is 0 Å². The molecule has 2 aromatic heterocycles. The SMILES string of the molecule is COC1(C)CC(NC(=O)c2cnc3sc(C)cn3c2=O)C1(C)C. The highest BCUT2D eigenvalue weighted by atomic mass is 32.1. The molecule has 0 aliphatic heterocycles. The molecule has 2 heterocycles. The first kappa shape index (κ1) is 16.1. The van der Waals surface area contributed by atoms with Gasteiger partial charge in [-0.3, -0.25) is 14.0 Å². The molecule has 0 bridgehead atoms. The van der Waals surface area contributed by atoms with Crippen molar-refractivity contribution in [3.05, 3.63) is 33.2 Å². The highest BCUT2D eigenvalue weighted by molar-refractivity contribution is 7.16. The standard InChI is InChI=1S/C16H21N3O3S/c1-9-8-19-13(21)10(7-17-14(19)23-9)12(20)18-11-6-16(4,22-5)15(11,2)3/h7-8,11H,6H2,1-5H3,(H,18,20). The van der Waals surface area contributed by atoms with Crippen molar-refractivity contribution in [2.45, 2.75) is 45.8 Å². The van der Waals surface area contributed by atoms with Crippen LogP contribution in [0, 0.1) is 12.3 Å². The fourth-order valence-corrected chi connectivity index (χ4v) is 3.90. The van der Waals surface area contributed by atoms with E-state index < -0.39 is 0 Å². The van der Waals surface area contributed by atoms with E-state index in [1.165, 1.54) is 21.9 Å². The van der Waals surface area contributed by atoms with Gasteiger partial charge >= 0.3 is 0 Å². The fraction of sp³-hybridized carbons (Fsp3) is 0.562. The third kappa shape index (κ3) is 2.30. The summed E-state index contributed by atoms with van der Waals surface area (Å²) in [6, 6.07) is -0.0377. The molecule has 1 saturated carbocycles. The molecule has 3 rings (SSSR count). The van der Waals surface area contributed by atoms with Crippen molar-refractivity contribution >= 4 is 22.2 Å². The largest absolute Gasteiger partial charge is 0.378 e. The van der Waals surface area contributed by atoms with Gasteiger partial charge in [0.15, 0.2) is 4.96 Å². The Kier molecular flexibility index (Phi) is 3.61. The van der Waals surface area contributed by atoms with Crippen LogP contribution in [0.1, 0.15) is 42.4 Å². The number of hydrogen-bond acceptors (Lipinski definition) is 5. The van der Waals surface area contributed by atoms with Gasteiger partial charge in [-0.25, -0.2) is 4.98 Å². The predicted octanol–water partition coefficient (Wildman–Crippen LogP) is 2.00. The van der Waals surface area contributed by atoms with Crippen LogP contribution in [0.4, 0.5) is 0 Å². The highest BCUT2D eigenvalue weighted by Gasteiger charge is 2.58. The zero-order valence-corrected chi connectivity index (χ0v) is 14.8. The summed E-state index contributed by atoms with van der Waals surface area (Å²) in [7, 11) is 1.68. The minimum Gasteiger partial charge on any atom is -0.378 e. The molecule has 1 amide bonds. The van der Waals surface area contributed by atoms with Crippen LogP contribution >= 0.6 is 11.3 Å². The van der Waals surface area contributed by atoms with Gasteiger partial charge in [0.2, 0.25) is 0 Å². The molecule has 0 spiro atoms. The number of methoxy groups -OCH3 is 1. The van der Waals surface area contributed by atoms with E-state index in [9.17, 15) is 9.59 Å². The highest BCUT2D eigenvalue weighted by Crippen LogP contribution is 2.51. The van der Waals surface area contributed by atoms with Crippen LogP contribution < -0.4 is 10.9 Å². The van der Waals surface area contributed by atoms with Crippen LogP contribution in [0.2, 0.25) is 0 Å². The van der Waals surface area contributed by atoms with Crippen LogP contribution in [-0.4, -0.2) is 34.0 Å². The van der Waals surface area contributed by atoms with Gasteiger partial charge < -0.3 is 10.1 Å². The Bertz CT molecular complexity index is 839. The lowest BCUT2D eigenvalue weighted by molar-refractivity contribution is -0.177. The van der Waals surface area contributed by atoms with Crippen molar-refractivity contribution in [1.82, 2.24) is 14.7 Å². The van der Waals surface area contributed by atoms with E-state index in [1.807, 2.05) is 13.8 Å². The van der Waals surface area contributed by atoms with Crippen molar-refractivity contribution < 1.29 is 9.53 Å². The lowest BCUT2D eigenvalue weighted by Crippen LogP contribution is -2.68. The van der Waals surface area contributed by atoms with Crippen LogP contribution in [0.3, 0.4) is 0 Å². The van der Waals surface area contributed by atoms with Crippen molar-refractivity contribution in [3.63, 3.8) is 0 Å². The molecule has 0 aromatic carbocycles. The lowest BCUT2D eigenvalue weighted by Gasteiger charge is -2.59. The topological polar surface area (TPSA) is 72.7 Å². The van der Waals surface area contributed by atoms with E-state index in [0.29, 0.717) is 4.96 Å². The van der Waals surface area contributed by atoms with Gasteiger partial charge in [0.1, 0.15) is 5.56 Å². The first-order valence-electron chi connectivity index (χ1n) is 7.53. The first-order chi connectivity index (χ1) is 10.7. The third-order valence-electron chi connectivity index (χ3n) is 5.35. The molecule has 1 aliphatic carbocycles. The van der Waals surface area contributed by atoms with E-state index in [1.54, 1.807) is 13.3 Å². The number of amides is 1. The molecule has 1 N–H and O–H groups in total.